The summed E-state index contributed by atoms with van der Waals surface area (Å²) in [6, 6.07) is 7.17. The van der Waals surface area contributed by atoms with E-state index >= 15 is 0 Å². The first-order valence-corrected chi connectivity index (χ1v) is 7.55. The highest BCUT2D eigenvalue weighted by Gasteiger charge is 2.26. The van der Waals surface area contributed by atoms with E-state index in [4.69, 9.17) is 10.5 Å². The van der Waals surface area contributed by atoms with E-state index in [1.165, 1.54) is 0 Å². The van der Waals surface area contributed by atoms with Crippen molar-refractivity contribution >= 4 is 11.6 Å². The lowest BCUT2D eigenvalue weighted by atomic mass is 9.97. The third-order valence-corrected chi connectivity index (χ3v) is 4.07. The van der Waals surface area contributed by atoms with E-state index < -0.39 is 0 Å². The lowest BCUT2D eigenvalue weighted by Gasteiger charge is -2.17. The normalized spacial score (nSPS) is 21.2. The second-order valence-electron chi connectivity index (χ2n) is 5.61. The maximum atomic E-state index is 11.8. The molecule has 1 aliphatic carbocycles. The maximum Gasteiger partial charge on any atom is 0.223 e. The van der Waals surface area contributed by atoms with E-state index in [0.717, 1.165) is 19.3 Å². The molecule has 0 spiro atoms. The van der Waals surface area contributed by atoms with Crippen LogP contribution in [0.3, 0.4) is 0 Å². The molecule has 5 heteroatoms. The van der Waals surface area contributed by atoms with Gasteiger partial charge in [0.25, 0.3) is 0 Å². The van der Waals surface area contributed by atoms with Crippen molar-refractivity contribution in [3.05, 3.63) is 24.3 Å². The predicted octanol–water partition coefficient (Wildman–Crippen LogP) is 1.56. The standard InChI is InChI=1S/C16H24N2O3/c17-14-5-2-6-15(9-14)21-8-7-16(20)18-10-12-3-1-4-13(12)11-19/h2,5-6,9,12-13,19H,1,3-4,7-8,10-11,17H2,(H,18,20). The van der Waals surface area contributed by atoms with Crippen LogP contribution < -0.4 is 15.8 Å². The number of anilines is 1. The van der Waals surface area contributed by atoms with Crippen molar-refractivity contribution < 1.29 is 14.6 Å². The Balaban J connectivity index is 1.63. The summed E-state index contributed by atoms with van der Waals surface area (Å²) in [5.74, 6) is 1.42. The van der Waals surface area contributed by atoms with E-state index in [1.54, 1.807) is 12.1 Å². The van der Waals surface area contributed by atoms with Gasteiger partial charge in [-0.3, -0.25) is 4.79 Å². The highest BCUT2D eigenvalue weighted by molar-refractivity contribution is 5.76. The number of carbonyl (C=O) groups is 1. The van der Waals surface area contributed by atoms with Gasteiger partial charge in [-0.15, -0.1) is 0 Å². The molecule has 1 aromatic rings. The first kappa shape index (κ1) is 15.6. The molecule has 2 rings (SSSR count). The van der Waals surface area contributed by atoms with Crippen LogP contribution in [0, 0.1) is 11.8 Å². The van der Waals surface area contributed by atoms with E-state index in [2.05, 4.69) is 5.32 Å². The Hall–Kier alpha value is -1.75. The minimum Gasteiger partial charge on any atom is -0.493 e. The molecule has 1 aromatic carbocycles. The number of ether oxygens (including phenoxy) is 1. The number of nitrogens with one attached hydrogen (secondary N) is 1. The molecule has 2 unspecified atom stereocenters. The SMILES string of the molecule is Nc1cccc(OCCC(=O)NCC2CCCC2CO)c1. The summed E-state index contributed by atoms with van der Waals surface area (Å²) in [6.07, 6.45) is 3.62. The average Bonchev–Trinajstić information content (AvgIpc) is 2.92. The number of rotatable bonds is 7. The number of aliphatic hydroxyl groups excluding tert-OH is 1. The Kier molecular flexibility index (Phi) is 5.87. The van der Waals surface area contributed by atoms with Gasteiger partial charge in [0.1, 0.15) is 5.75 Å². The molecule has 1 aliphatic rings. The number of benzene rings is 1. The Morgan fingerprint density at radius 1 is 1.38 bits per heavy atom. The van der Waals surface area contributed by atoms with Crippen LogP contribution in [-0.2, 0) is 4.79 Å². The van der Waals surface area contributed by atoms with Gasteiger partial charge in [0, 0.05) is 24.9 Å². The fraction of sp³-hybridized carbons (Fsp3) is 0.562. The zero-order valence-corrected chi connectivity index (χ0v) is 12.3. The monoisotopic (exact) mass is 292 g/mol. The molecule has 2 atom stereocenters. The lowest BCUT2D eigenvalue weighted by Crippen LogP contribution is -2.32. The van der Waals surface area contributed by atoms with Gasteiger partial charge in [0.05, 0.1) is 13.0 Å². The molecule has 1 saturated carbocycles. The van der Waals surface area contributed by atoms with E-state index in [9.17, 15) is 9.90 Å². The van der Waals surface area contributed by atoms with Gasteiger partial charge in [-0.1, -0.05) is 12.5 Å². The summed E-state index contributed by atoms with van der Waals surface area (Å²) in [7, 11) is 0. The topological polar surface area (TPSA) is 84.6 Å². The number of nitrogens with two attached hydrogens (primary N) is 1. The maximum absolute atomic E-state index is 11.8. The molecular weight excluding hydrogens is 268 g/mol. The molecule has 0 aliphatic heterocycles. The van der Waals surface area contributed by atoms with Crippen LogP contribution in [-0.4, -0.2) is 30.8 Å². The smallest absolute Gasteiger partial charge is 0.223 e. The minimum atomic E-state index is -0.0116. The highest BCUT2D eigenvalue weighted by atomic mass is 16.5. The first-order valence-electron chi connectivity index (χ1n) is 7.55. The third-order valence-electron chi connectivity index (χ3n) is 4.07. The Morgan fingerprint density at radius 3 is 2.95 bits per heavy atom. The van der Waals surface area contributed by atoms with Crippen molar-refractivity contribution in [1.29, 1.82) is 0 Å². The fourth-order valence-electron chi connectivity index (χ4n) is 2.82. The van der Waals surface area contributed by atoms with Crippen molar-refractivity contribution in [2.75, 3.05) is 25.5 Å². The van der Waals surface area contributed by atoms with Gasteiger partial charge in [-0.25, -0.2) is 0 Å². The fourth-order valence-corrected chi connectivity index (χ4v) is 2.82. The number of amides is 1. The molecule has 1 amide bonds. The van der Waals surface area contributed by atoms with Crippen LogP contribution in [0.25, 0.3) is 0 Å². The third kappa shape index (κ3) is 4.93. The van der Waals surface area contributed by atoms with Crippen LogP contribution in [0.2, 0.25) is 0 Å². The number of carbonyl (C=O) groups excluding carboxylic acids is 1. The number of nitrogen functional groups attached to an aromatic ring is 1. The van der Waals surface area contributed by atoms with Gasteiger partial charge in [-0.2, -0.15) is 0 Å². The molecule has 1 fully saturated rings. The summed E-state index contributed by atoms with van der Waals surface area (Å²) >= 11 is 0. The molecule has 4 N–H and O–H groups in total. The summed E-state index contributed by atoms with van der Waals surface area (Å²) in [5.41, 5.74) is 6.30. The lowest BCUT2D eigenvalue weighted by molar-refractivity contribution is -0.121. The molecule has 5 nitrogen and oxygen atoms in total. The average molecular weight is 292 g/mol. The molecule has 21 heavy (non-hydrogen) atoms. The summed E-state index contributed by atoms with van der Waals surface area (Å²) < 4.78 is 5.49. The van der Waals surface area contributed by atoms with Crippen LogP contribution in [0.1, 0.15) is 25.7 Å². The van der Waals surface area contributed by atoms with E-state index in [0.29, 0.717) is 42.8 Å². The molecule has 0 radical (unpaired) electrons. The van der Waals surface area contributed by atoms with Gasteiger partial charge < -0.3 is 20.9 Å². The minimum absolute atomic E-state index is 0.0116. The highest BCUT2D eigenvalue weighted by Crippen LogP contribution is 2.30. The zero-order valence-electron chi connectivity index (χ0n) is 12.3. The largest absolute Gasteiger partial charge is 0.493 e. The molecule has 116 valence electrons. The second kappa shape index (κ2) is 7.88. The van der Waals surface area contributed by atoms with Gasteiger partial charge in [0.15, 0.2) is 0 Å². The van der Waals surface area contributed by atoms with E-state index in [1.807, 2.05) is 12.1 Å². The van der Waals surface area contributed by atoms with Gasteiger partial charge >= 0.3 is 0 Å². The molecule has 0 saturated heterocycles. The summed E-state index contributed by atoms with van der Waals surface area (Å²) in [4.78, 5) is 11.8. The number of aliphatic hydroxyl groups is 1. The number of hydrogen-bond acceptors (Lipinski definition) is 4. The number of hydrogen-bond donors (Lipinski definition) is 3. The van der Waals surface area contributed by atoms with Crippen LogP contribution >= 0.6 is 0 Å². The van der Waals surface area contributed by atoms with Crippen molar-refractivity contribution in [1.82, 2.24) is 5.32 Å². The van der Waals surface area contributed by atoms with Crippen LogP contribution in [0.15, 0.2) is 24.3 Å². The molecule has 0 aromatic heterocycles. The second-order valence-corrected chi connectivity index (χ2v) is 5.61. The van der Waals surface area contributed by atoms with Crippen LogP contribution in [0.5, 0.6) is 5.75 Å². The first-order chi connectivity index (χ1) is 10.2. The summed E-state index contributed by atoms with van der Waals surface area (Å²) in [6.45, 7) is 1.21. The van der Waals surface area contributed by atoms with Gasteiger partial charge in [0.2, 0.25) is 5.91 Å². The van der Waals surface area contributed by atoms with Gasteiger partial charge in [-0.05, 0) is 36.8 Å². The quantitative estimate of drug-likeness (QED) is 0.666. The van der Waals surface area contributed by atoms with E-state index in [-0.39, 0.29) is 12.5 Å². The Labute approximate surface area is 125 Å². The Morgan fingerprint density at radius 2 is 2.19 bits per heavy atom. The van der Waals surface area contributed by atoms with Crippen molar-refractivity contribution in [3.8, 4) is 5.75 Å². The van der Waals surface area contributed by atoms with Crippen LogP contribution in [0.4, 0.5) is 5.69 Å². The summed E-state index contributed by atoms with van der Waals surface area (Å²) in [5, 5.41) is 12.2. The molecule has 0 heterocycles. The van der Waals surface area contributed by atoms with Crippen molar-refractivity contribution in [3.63, 3.8) is 0 Å². The zero-order chi connectivity index (χ0) is 15.1. The van der Waals surface area contributed by atoms with Crippen molar-refractivity contribution in [2.45, 2.75) is 25.7 Å². The Bertz CT molecular complexity index is 465. The molecular formula is C16H24N2O3. The predicted molar refractivity (Wildman–Crippen MR) is 81.9 cm³/mol. The molecule has 0 bridgehead atoms. The van der Waals surface area contributed by atoms with Crippen molar-refractivity contribution in [2.24, 2.45) is 11.8 Å².